The molecule has 0 aliphatic rings. The molecule has 1 aromatic rings. The maximum absolute atomic E-state index is 10.5. The molecule has 72 valence electrons. The van der Waals surface area contributed by atoms with Crippen LogP contribution in [0.4, 0.5) is 0 Å². The van der Waals surface area contributed by atoms with Gasteiger partial charge in [-0.15, -0.1) is 0 Å². The van der Waals surface area contributed by atoms with Gasteiger partial charge in [0.15, 0.2) is 0 Å². The number of carboxylic acids is 1. The van der Waals surface area contributed by atoms with Gasteiger partial charge in [-0.3, -0.25) is 0 Å². The Morgan fingerprint density at radius 3 is 2.64 bits per heavy atom. The van der Waals surface area contributed by atoms with E-state index in [-0.39, 0.29) is 5.57 Å². The van der Waals surface area contributed by atoms with Gasteiger partial charge in [-0.1, -0.05) is 0 Å². The Kier molecular flexibility index (Phi) is 2.73. The SMILES string of the molecule is Cc1cc(/C=C(\C#N)C(=O)O)oc1C. The van der Waals surface area contributed by atoms with Crippen molar-refractivity contribution >= 4 is 12.0 Å². The first-order chi connectivity index (χ1) is 6.54. The zero-order chi connectivity index (χ0) is 10.7. The van der Waals surface area contributed by atoms with Crippen molar-refractivity contribution in [3.05, 3.63) is 28.7 Å². The summed E-state index contributed by atoms with van der Waals surface area (Å²) >= 11 is 0. The maximum atomic E-state index is 10.5. The van der Waals surface area contributed by atoms with E-state index in [1.165, 1.54) is 6.08 Å². The Morgan fingerprint density at radius 2 is 2.29 bits per heavy atom. The number of furan rings is 1. The summed E-state index contributed by atoms with van der Waals surface area (Å²) in [6.45, 7) is 3.63. The lowest BCUT2D eigenvalue weighted by Crippen LogP contribution is -1.96. The Morgan fingerprint density at radius 1 is 1.64 bits per heavy atom. The van der Waals surface area contributed by atoms with E-state index in [1.54, 1.807) is 19.1 Å². The van der Waals surface area contributed by atoms with Gasteiger partial charge in [-0.2, -0.15) is 5.26 Å². The minimum atomic E-state index is -1.25. The van der Waals surface area contributed by atoms with Crippen LogP contribution in [0, 0.1) is 25.2 Å². The lowest BCUT2D eigenvalue weighted by molar-refractivity contribution is -0.132. The molecule has 0 unspecified atom stereocenters. The van der Waals surface area contributed by atoms with Crippen LogP contribution in [-0.4, -0.2) is 11.1 Å². The fourth-order valence-corrected chi connectivity index (χ4v) is 0.957. The lowest BCUT2D eigenvalue weighted by Gasteiger charge is -1.87. The molecule has 0 aromatic carbocycles. The molecule has 4 nitrogen and oxygen atoms in total. The van der Waals surface area contributed by atoms with Gasteiger partial charge in [0.05, 0.1) is 0 Å². The van der Waals surface area contributed by atoms with Gasteiger partial charge in [0.1, 0.15) is 23.2 Å². The number of carbonyl (C=O) groups is 1. The third-order valence-electron chi connectivity index (χ3n) is 1.82. The average Bonchev–Trinajstić information content (AvgIpc) is 2.41. The third kappa shape index (κ3) is 2.02. The summed E-state index contributed by atoms with van der Waals surface area (Å²) in [5.74, 6) is -0.142. The first-order valence-electron chi connectivity index (χ1n) is 3.96. The highest BCUT2D eigenvalue weighted by atomic mass is 16.4. The Balaban J connectivity index is 3.08. The van der Waals surface area contributed by atoms with Gasteiger partial charge in [0.25, 0.3) is 0 Å². The van der Waals surface area contributed by atoms with E-state index in [1.807, 2.05) is 6.92 Å². The van der Waals surface area contributed by atoms with Crippen LogP contribution >= 0.6 is 0 Å². The van der Waals surface area contributed by atoms with E-state index in [4.69, 9.17) is 14.8 Å². The van der Waals surface area contributed by atoms with Crippen molar-refractivity contribution in [1.29, 1.82) is 5.26 Å². The first-order valence-corrected chi connectivity index (χ1v) is 3.96. The maximum Gasteiger partial charge on any atom is 0.346 e. The molecule has 1 rings (SSSR count). The molecule has 0 radical (unpaired) electrons. The van der Waals surface area contributed by atoms with Crippen molar-refractivity contribution < 1.29 is 14.3 Å². The molecule has 0 fully saturated rings. The number of nitrogens with zero attached hydrogens (tertiary/aromatic N) is 1. The van der Waals surface area contributed by atoms with Crippen LogP contribution in [0.15, 0.2) is 16.1 Å². The fraction of sp³-hybridized carbons (Fsp3) is 0.200. The first kappa shape index (κ1) is 10.1. The molecule has 0 aliphatic carbocycles. The summed E-state index contributed by atoms with van der Waals surface area (Å²) in [6, 6.07) is 3.27. The molecule has 0 bridgehead atoms. The summed E-state index contributed by atoms with van der Waals surface area (Å²) in [6.07, 6.45) is 1.21. The van der Waals surface area contributed by atoms with Crippen molar-refractivity contribution in [2.75, 3.05) is 0 Å². The number of hydrogen-bond donors (Lipinski definition) is 1. The summed E-state index contributed by atoms with van der Waals surface area (Å²) in [5.41, 5.74) is 0.595. The molecule has 0 aliphatic heterocycles. The molecule has 14 heavy (non-hydrogen) atoms. The molecule has 1 aromatic heterocycles. The zero-order valence-electron chi connectivity index (χ0n) is 7.87. The molecule has 0 spiro atoms. The van der Waals surface area contributed by atoms with Crippen molar-refractivity contribution in [2.45, 2.75) is 13.8 Å². The molecule has 0 saturated carbocycles. The van der Waals surface area contributed by atoms with E-state index in [9.17, 15) is 4.79 Å². The van der Waals surface area contributed by atoms with E-state index in [2.05, 4.69) is 0 Å². The summed E-state index contributed by atoms with van der Waals surface area (Å²) in [4.78, 5) is 10.5. The highest BCUT2D eigenvalue weighted by molar-refractivity contribution is 5.96. The van der Waals surface area contributed by atoms with Crippen LogP contribution in [0.5, 0.6) is 0 Å². The third-order valence-corrected chi connectivity index (χ3v) is 1.82. The summed E-state index contributed by atoms with van der Waals surface area (Å²) in [7, 11) is 0. The quantitative estimate of drug-likeness (QED) is 0.572. The van der Waals surface area contributed by atoms with Crippen LogP contribution in [0.1, 0.15) is 17.1 Å². The van der Waals surface area contributed by atoms with E-state index in [0.717, 1.165) is 11.3 Å². The van der Waals surface area contributed by atoms with E-state index < -0.39 is 5.97 Å². The lowest BCUT2D eigenvalue weighted by atomic mass is 10.2. The smallest absolute Gasteiger partial charge is 0.346 e. The second-order valence-electron chi connectivity index (χ2n) is 2.86. The van der Waals surface area contributed by atoms with Gasteiger partial charge in [0, 0.05) is 6.08 Å². The predicted octanol–water partition coefficient (Wildman–Crippen LogP) is 1.89. The second-order valence-corrected chi connectivity index (χ2v) is 2.86. The fourth-order valence-electron chi connectivity index (χ4n) is 0.957. The highest BCUT2D eigenvalue weighted by Gasteiger charge is 2.08. The monoisotopic (exact) mass is 191 g/mol. The highest BCUT2D eigenvalue weighted by Crippen LogP contribution is 2.15. The average molecular weight is 191 g/mol. The molecule has 1 heterocycles. The van der Waals surface area contributed by atoms with Crippen LogP contribution < -0.4 is 0 Å². The molecule has 4 heteroatoms. The molecule has 0 amide bonds. The van der Waals surface area contributed by atoms with Crippen molar-refractivity contribution in [3.8, 4) is 6.07 Å². The molecular formula is C10H9NO3. The second kappa shape index (κ2) is 3.79. The number of hydrogen-bond acceptors (Lipinski definition) is 3. The van der Waals surface area contributed by atoms with Crippen molar-refractivity contribution in [3.63, 3.8) is 0 Å². The molecule has 1 N–H and O–H groups in total. The van der Waals surface area contributed by atoms with Gasteiger partial charge in [-0.05, 0) is 25.5 Å². The summed E-state index contributed by atoms with van der Waals surface area (Å²) < 4.78 is 5.21. The van der Waals surface area contributed by atoms with Gasteiger partial charge < -0.3 is 9.52 Å². The molecule has 0 saturated heterocycles. The van der Waals surface area contributed by atoms with Crippen molar-refractivity contribution in [2.24, 2.45) is 0 Å². The number of rotatable bonds is 2. The van der Waals surface area contributed by atoms with Crippen LogP contribution in [0.2, 0.25) is 0 Å². The Hall–Kier alpha value is -2.02. The van der Waals surface area contributed by atoms with Crippen LogP contribution in [-0.2, 0) is 4.79 Å². The van der Waals surface area contributed by atoms with Gasteiger partial charge in [-0.25, -0.2) is 4.79 Å². The Bertz CT molecular complexity index is 415. The number of aliphatic carboxylic acids is 1. The molecule has 0 atom stereocenters. The van der Waals surface area contributed by atoms with Crippen LogP contribution in [0.25, 0.3) is 6.08 Å². The largest absolute Gasteiger partial charge is 0.477 e. The normalized spacial score (nSPS) is 11.1. The minimum Gasteiger partial charge on any atom is -0.477 e. The number of aryl methyl sites for hydroxylation is 2. The topological polar surface area (TPSA) is 74.2 Å². The van der Waals surface area contributed by atoms with Crippen molar-refractivity contribution in [1.82, 2.24) is 0 Å². The summed E-state index contributed by atoms with van der Waals surface area (Å²) in [5, 5.41) is 17.1. The predicted molar refractivity (Wildman–Crippen MR) is 49.4 cm³/mol. The van der Waals surface area contributed by atoms with E-state index in [0.29, 0.717) is 5.76 Å². The van der Waals surface area contributed by atoms with E-state index >= 15 is 0 Å². The number of nitriles is 1. The van der Waals surface area contributed by atoms with Gasteiger partial charge >= 0.3 is 5.97 Å². The Labute approximate surface area is 81.1 Å². The standard InChI is InChI=1S/C10H9NO3/c1-6-3-9(14-7(6)2)4-8(5-11)10(12)13/h3-4H,1-2H3,(H,12,13)/b8-4+. The van der Waals surface area contributed by atoms with Crippen LogP contribution in [0.3, 0.4) is 0 Å². The number of carboxylic acid groups (broad SMARTS) is 1. The zero-order valence-corrected chi connectivity index (χ0v) is 7.87. The van der Waals surface area contributed by atoms with Gasteiger partial charge in [0.2, 0.25) is 0 Å². The minimum absolute atomic E-state index is 0.334. The molecular weight excluding hydrogens is 182 g/mol.